The number of alkyl halides is 4. The first-order valence-electron chi connectivity index (χ1n) is 1.73. The molecule has 1 saturated carbocycles. The lowest BCUT2D eigenvalue weighted by Gasteiger charge is -1.79. The number of hydrogen-bond donors (Lipinski definition) is 1. The molecule has 1 aliphatic rings. The molecule has 1 aliphatic carbocycles. The van der Waals surface area contributed by atoms with Crippen LogP contribution in [-0.4, -0.2) is 18.3 Å². The second kappa shape index (κ2) is 1.58. The van der Waals surface area contributed by atoms with Gasteiger partial charge in [0.1, 0.15) is 0 Å². The van der Waals surface area contributed by atoms with E-state index in [9.17, 15) is 17.6 Å². The van der Waals surface area contributed by atoms with Crippen molar-refractivity contribution in [1.29, 1.82) is 0 Å². The maximum absolute atomic E-state index is 11.2. The van der Waals surface area contributed by atoms with Crippen molar-refractivity contribution < 1.29 is 17.6 Å². The van der Waals surface area contributed by atoms with Gasteiger partial charge >= 0.3 is 5.92 Å². The lowest BCUT2D eigenvalue weighted by atomic mass is 10.8. The van der Waals surface area contributed by atoms with E-state index in [-0.39, 0.29) is 6.15 Å². The van der Waals surface area contributed by atoms with Crippen molar-refractivity contribution in [3.05, 3.63) is 0 Å². The summed E-state index contributed by atoms with van der Waals surface area (Å²) in [6, 6.07) is 0. The Hall–Kier alpha value is -0.320. The van der Waals surface area contributed by atoms with Gasteiger partial charge in [-0.2, -0.15) is 8.78 Å². The van der Waals surface area contributed by atoms with E-state index < -0.39 is 18.3 Å². The zero-order chi connectivity index (χ0) is 5.65. The Labute approximate surface area is 43.3 Å². The largest absolute Gasteiger partial charge is 0.344 e. The second-order valence-electron chi connectivity index (χ2n) is 1.48. The average molecular weight is 131 g/mol. The lowest BCUT2D eigenvalue weighted by Crippen LogP contribution is -1.93. The Balaban J connectivity index is 0.000000490. The third kappa shape index (κ3) is 0.665. The van der Waals surface area contributed by atoms with Crippen LogP contribution in [0, 0.1) is 0 Å². The normalized spacial score (nSPS) is 40.5. The van der Waals surface area contributed by atoms with Gasteiger partial charge in [-0.05, 0) is 0 Å². The summed E-state index contributed by atoms with van der Waals surface area (Å²) in [5.41, 5.74) is 0. The van der Waals surface area contributed by atoms with E-state index in [1.807, 2.05) is 0 Å². The minimum Gasteiger partial charge on any atom is -0.344 e. The van der Waals surface area contributed by atoms with E-state index in [0.29, 0.717) is 0 Å². The van der Waals surface area contributed by atoms with Gasteiger partial charge in [-0.1, -0.05) is 0 Å². The number of hydrogen-bond acceptors (Lipinski definition) is 1. The molecule has 0 aromatic carbocycles. The predicted octanol–water partition coefficient (Wildman–Crippen LogP) is 1.47. The van der Waals surface area contributed by atoms with Crippen LogP contribution in [0.1, 0.15) is 0 Å². The summed E-state index contributed by atoms with van der Waals surface area (Å²) in [5.74, 6) is -3.67. The molecule has 0 aromatic rings. The van der Waals surface area contributed by atoms with E-state index in [1.165, 1.54) is 0 Å². The highest BCUT2D eigenvalue weighted by atomic mass is 19.3. The van der Waals surface area contributed by atoms with Gasteiger partial charge < -0.3 is 6.15 Å². The minimum atomic E-state index is -3.67. The van der Waals surface area contributed by atoms with Crippen LogP contribution in [0.4, 0.5) is 17.6 Å². The van der Waals surface area contributed by atoms with Crippen molar-refractivity contribution in [3.8, 4) is 0 Å². The molecule has 8 heavy (non-hydrogen) atoms. The monoisotopic (exact) mass is 131 g/mol. The van der Waals surface area contributed by atoms with E-state index in [0.717, 1.165) is 0 Å². The number of rotatable bonds is 0. The fourth-order valence-electron chi connectivity index (χ4n) is 0.255. The zero-order valence-electron chi connectivity index (χ0n) is 3.87. The molecule has 3 N–H and O–H groups in total. The maximum Gasteiger partial charge on any atom is 0.315 e. The molecular formula is C3H5F4N. The fraction of sp³-hybridized carbons (Fsp3) is 1.00. The van der Waals surface area contributed by atoms with Crippen molar-refractivity contribution in [2.24, 2.45) is 0 Å². The molecule has 1 rings (SSSR count). The maximum atomic E-state index is 11.2. The quantitative estimate of drug-likeness (QED) is 0.496. The van der Waals surface area contributed by atoms with E-state index in [4.69, 9.17) is 0 Å². The van der Waals surface area contributed by atoms with Crippen LogP contribution in [-0.2, 0) is 0 Å². The van der Waals surface area contributed by atoms with Crippen molar-refractivity contribution in [1.82, 2.24) is 6.15 Å². The van der Waals surface area contributed by atoms with Crippen LogP contribution in [0.3, 0.4) is 0 Å². The van der Waals surface area contributed by atoms with Gasteiger partial charge in [0.25, 0.3) is 0 Å². The van der Waals surface area contributed by atoms with Crippen molar-refractivity contribution in [2.45, 2.75) is 18.3 Å². The van der Waals surface area contributed by atoms with Crippen LogP contribution in [0.2, 0.25) is 0 Å². The van der Waals surface area contributed by atoms with E-state index >= 15 is 0 Å². The van der Waals surface area contributed by atoms with Gasteiger partial charge in [0.15, 0.2) is 0 Å². The molecule has 0 aromatic heterocycles. The molecule has 0 bridgehead atoms. The van der Waals surface area contributed by atoms with Crippen LogP contribution in [0.25, 0.3) is 0 Å². The first kappa shape index (κ1) is 7.68. The van der Waals surface area contributed by atoms with Crippen molar-refractivity contribution in [2.75, 3.05) is 0 Å². The van der Waals surface area contributed by atoms with E-state index in [1.54, 1.807) is 0 Å². The Bertz CT molecular complexity index is 83.3. The molecule has 0 aliphatic heterocycles. The summed E-state index contributed by atoms with van der Waals surface area (Å²) in [5, 5.41) is 0. The lowest BCUT2D eigenvalue weighted by molar-refractivity contribution is 0.0688. The highest BCUT2D eigenvalue weighted by Gasteiger charge is 2.71. The SMILES string of the molecule is FC1C(F)C1(F)F.N. The topological polar surface area (TPSA) is 35.0 Å². The van der Waals surface area contributed by atoms with Crippen LogP contribution < -0.4 is 6.15 Å². The van der Waals surface area contributed by atoms with Crippen LogP contribution >= 0.6 is 0 Å². The summed E-state index contributed by atoms with van der Waals surface area (Å²) in [6.45, 7) is 0. The Morgan fingerprint density at radius 2 is 1.12 bits per heavy atom. The molecule has 1 nitrogen and oxygen atoms in total. The highest BCUT2D eigenvalue weighted by Crippen LogP contribution is 2.47. The summed E-state index contributed by atoms with van der Waals surface area (Å²) >= 11 is 0. The standard InChI is InChI=1S/C3H2F4.H3N/c4-1-2(5)3(1,6)7;/h1-2H;1H3. The van der Waals surface area contributed by atoms with Crippen LogP contribution in [0.15, 0.2) is 0 Å². The molecule has 5 heteroatoms. The summed E-state index contributed by atoms with van der Waals surface area (Å²) < 4.78 is 44.7. The zero-order valence-corrected chi connectivity index (χ0v) is 3.87. The van der Waals surface area contributed by atoms with Crippen LogP contribution in [0.5, 0.6) is 0 Å². The smallest absolute Gasteiger partial charge is 0.315 e. The van der Waals surface area contributed by atoms with Gasteiger partial charge in [-0.3, -0.25) is 0 Å². The number of halogens is 4. The molecule has 0 spiro atoms. The van der Waals surface area contributed by atoms with E-state index in [2.05, 4.69) is 0 Å². The van der Waals surface area contributed by atoms with Crippen molar-refractivity contribution >= 4 is 0 Å². The molecule has 1 fully saturated rings. The fourth-order valence-corrected chi connectivity index (χ4v) is 0.255. The molecule has 0 amide bonds. The third-order valence-electron chi connectivity index (χ3n) is 0.883. The van der Waals surface area contributed by atoms with Crippen molar-refractivity contribution in [3.63, 3.8) is 0 Å². The summed E-state index contributed by atoms with van der Waals surface area (Å²) in [7, 11) is 0. The molecule has 0 radical (unpaired) electrons. The Morgan fingerprint density at radius 1 is 1.00 bits per heavy atom. The average Bonchev–Trinajstić information content (AvgIpc) is 1.91. The molecule has 2 atom stereocenters. The Kier molecular flexibility index (Phi) is 1.52. The first-order valence-corrected chi connectivity index (χ1v) is 1.73. The first-order chi connectivity index (χ1) is 3.07. The minimum absolute atomic E-state index is 0. The Morgan fingerprint density at radius 3 is 1.12 bits per heavy atom. The molecule has 50 valence electrons. The van der Waals surface area contributed by atoms with Gasteiger partial charge in [-0.15, -0.1) is 0 Å². The molecule has 0 saturated heterocycles. The van der Waals surface area contributed by atoms with Gasteiger partial charge in [0.05, 0.1) is 0 Å². The second-order valence-corrected chi connectivity index (χ2v) is 1.48. The highest BCUT2D eigenvalue weighted by molar-refractivity contribution is 5.07. The summed E-state index contributed by atoms with van der Waals surface area (Å²) in [4.78, 5) is 0. The van der Waals surface area contributed by atoms with Gasteiger partial charge in [0.2, 0.25) is 12.3 Å². The molecular weight excluding hydrogens is 126 g/mol. The summed E-state index contributed by atoms with van der Waals surface area (Å²) in [6.07, 6.45) is -5.07. The third-order valence-corrected chi connectivity index (χ3v) is 0.883. The molecule has 2 unspecified atom stereocenters. The van der Waals surface area contributed by atoms with Gasteiger partial charge in [-0.25, -0.2) is 8.78 Å². The molecule has 0 heterocycles. The predicted molar refractivity (Wildman–Crippen MR) is 19.8 cm³/mol. The van der Waals surface area contributed by atoms with Gasteiger partial charge in [0, 0.05) is 0 Å².